The van der Waals surface area contributed by atoms with E-state index in [4.69, 9.17) is 0 Å². The van der Waals surface area contributed by atoms with Crippen LogP contribution in [-0.4, -0.2) is 12.8 Å². The number of carbonyl (C=O) groups excluding carboxylic acids is 1. The van der Waals surface area contributed by atoms with Crippen LogP contribution in [0.2, 0.25) is 0 Å². The van der Waals surface area contributed by atoms with Crippen molar-refractivity contribution in [2.24, 2.45) is 0 Å². The maximum atomic E-state index is 10.8. The Bertz CT molecular complexity index is 290. The van der Waals surface area contributed by atoms with Crippen molar-refractivity contribution >= 4 is 5.78 Å². The summed E-state index contributed by atoms with van der Waals surface area (Å²) in [6.45, 7) is 2.53. The predicted molar refractivity (Wildman–Crippen MR) is 58.2 cm³/mol. The maximum absolute atomic E-state index is 10.8. The second kappa shape index (κ2) is 5.55. The van der Waals surface area contributed by atoms with Gasteiger partial charge in [-0.25, -0.2) is 0 Å². The summed E-state index contributed by atoms with van der Waals surface area (Å²) in [4.78, 5) is 10.8. The Balaban J connectivity index is 2.50. The average molecular weight is 191 g/mol. The predicted octanol–water partition coefficient (Wildman–Crippen LogP) is 1.93. The molecule has 2 nitrogen and oxygen atoms in total. The SMILES string of the molecule is CNCc1ccc(CCC(C)=O)cc1. The lowest BCUT2D eigenvalue weighted by molar-refractivity contribution is -0.116. The summed E-state index contributed by atoms with van der Waals surface area (Å²) in [5, 5.41) is 3.10. The topological polar surface area (TPSA) is 29.1 Å². The molecule has 0 bridgehead atoms. The van der Waals surface area contributed by atoms with Gasteiger partial charge in [-0.2, -0.15) is 0 Å². The average Bonchev–Trinajstić information content (AvgIpc) is 2.17. The smallest absolute Gasteiger partial charge is 0.130 e. The third kappa shape index (κ3) is 3.71. The number of benzene rings is 1. The molecule has 2 heteroatoms. The first-order valence-corrected chi connectivity index (χ1v) is 4.94. The van der Waals surface area contributed by atoms with Crippen molar-refractivity contribution in [1.29, 1.82) is 0 Å². The second-order valence-electron chi connectivity index (χ2n) is 3.55. The van der Waals surface area contributed by atoms with Crippen molar-refractivity contribution in [3.8, 4) is 0 Å². The molecule has 0 atom stereocenters. The Morgan fingerprint density at radius 1 is 1.21 bits per heavy atom. The summed E-state index contributed by atoms with van der Waals surface area (Å²) < 4.78 is 0. The molecule has 0 amide bonds. The standard InChI is InChI=1S/C12H17NO/c1-10(14)3-4-11-5-7-12(8-6-11)9-13-2/h5-8,13H,3-4,9H2,1-2H3. The first kappa shape index (κ1) is 10.9. The molecule has 0 unspecified atom stereocenters. The van der Waals surface area contributed by atoms with Crippen molar-refractivity contribution in [2.75, 3.05) is 7.05 Å². The molecule has 1 rings (SSSR count). The van der Waals surface area contributed by atoms with Gasteiger partial charge in [-0.15, -0.1) is 0 Å². The Labute approximate surface area is 85.3 Å². The molecule has 0 radical (unpaired) electrons. The van der Waals surface area contributed by atoms with Crippen LogP contribution in [0.15, 0.2) is 24.3 Å². The summed E-state index contributed by atoms with van der Waals surface area (Å²) in [7, 11) is 1.93. The molecular formula is C12H17NO. The Morgan fingerprint density at radius 3 is 2.29 bits per heavy atom. The van der Waals surface area contributed by atoms with E-state index in [2.05, 4.69) is 29.6 Å². The van der Waals surface area contributed by atoms with Gasteiger partial charge in [-0.1, -0.05) is 24.3 Å². The van der Waals surface area contributed by atoms with Gasteiger partial charge in [0.2, 0.25) is 0 Å². The minimum absolute atomic E-state index is 0.254. The number of ketones is 1. The van der Waals surface area contributed by atoms with Crippen LogP contribution in [-0.2, 0) is 17.8 Å². The largest absolute Gasteiger partial charge is 0.316 e. The van der Waals surface area contributed by atoms with E-state index in [9.17, 15) is 4.79 Å². The zero-order valence-electron chi connectivity index (χ0n) is 8.84. The first-order chi connectivity index (χ1) is 6.72. The molecule has 0 aliphatic carbocycles. The lowest BCUT2D eigenvalue weighted by Gasteiger charge is -2.02. The van der Waals surface area contributed by atoms with Crippen molar-refractivity contribution in [2.45, 2.75) is 26.3 Å². The maximum Gasteiger partial charge on any atom is 0.130 e. The highest BCUT2D eigenvalue weighted by atomic mass is 16.1. The summed E-state index contributed by atoms with van der Waals surface area (Å²) in [6.07, 6.45) is 1.50. The van der Waals surface area contributed by atoms with Crippen molar-refractivity contribution in [1.82, 2.24) is 5.32 Å². The van der Waals surface area contributed by atoms with Crippen LogP contribution in [0.25, 0.3) is 0 Å². The molecule has 0 saturated heterocycles. The fourth-order valence-corrected chi connectivity index (χ4v) is 1.35. The zero-order chi connectivity index (χ0) is 10.4. The van der Waals surface area contributed by atoms with E-state index >= 15 is 0 Å². The van der Waals surface area contributed by atoms with Gasteiger partial charge in [-0.3, -0.25) is 0 Å². The van der Waals surface area contributed by atoms with E-state index in [1.165, 1.54) is 11.1 Å². The zero-order valence-corrected chi connectivity index (χ0v) is 8.84. The van der Waals surface area contributed by atoms with Crippen LogP contribution in [0.1, 0.15) is 24.5 Å². The minimum Gasteiger partial charge on any atom is -0.316 e. The lowest BCUT2D eigenvalue weighted by atomic mass is 10.1. The first-order valence-electron chi connectivity index (χ1n) is 4.94. The highest BCUT2D eigenvalue weighted by molar-refractivity contribution is 5.75. The molecule has 0 aromatic heterocycles. The molecular weight excluding hydrogens is 174 g/mol. The van der Waals surface area contributed by atoms with Crippen molar-refractivity contribution in [3.63, 3.8) is 0 Å². The van der Waals surface area contributed by atoms with Gasteiger partial charge in [0.15, 0.2) is 0 Å². The minimum atomic E-state index is 0.254. The summed E-state index contributed by atoms with van der Waals surface area (Å²) in [6, 6.07) is 8.39. The molecule has 0 saturated carbocycles. The van der Waals surface area contributed by atoms with E-state index in [0.29, 0.717) is 6.42 Å². The number of Topliss-reactive ketones (excluding diaryl/α,β-unsaturated/α-hetero) is 1. The van der Waals surface area contributed by atoms with Crippen LogP contribution < -0.4 is 5.32 Å². The summed E-state index contributed by atoms with van der Waals surface area (Å²) in [5.74, 6) is 0.254. The molecule has 0 fully saturated rings. The van der Waals surface area contributed by atoms with Gasteiger partial charge in [0.25, 0.3) is 0 Å². The van der Waals surface area contributed by atoms with Gasteiger partial charge in [0.05, 0.1) is 0 Å². The van der Waals surface area contributed by atoms with Crippen molar-refractivity contribution < 1.29 is 4.79 Å². The summed E-state index contributed by atoms with van der Waals surface area (Å²) in [5.41, 5.74) is 2.51. The third-order valence-corrected chi connectivity index (χ3v) is 2.17. The highest BCUT2D eigenvalue weighted by Gasteiger charge is 1.96. The molecule has 0 spiro atoms. The normalized spacial score (nSPS) is 10.1. The number of nitrogens with one attached hydrogen (secondary N) is 1. The fraction of sp³-hybridized carbons (Fsp3) is 0.417. The number of hydrogen-bond donors (Lipinski definition) is 1. The molecule has 14 heavy (non-hydrogen) atoms. The van der Waals surface area contributed by atoms with Gasteiger partial charge < -0.3 is 10.1 Å². The molecule has 0 heterocycles. The Hall–Kier alpha value is -1.15. The molecule has 0 aliphatic rings. The molecule has 0 aliphatic heterocycles. The van der Waals surface area contributed by atoms with Crippen molar-refractivity contribution in [3.05, 3.63) is 35.4 Å². The van der Waals surface area contributed by atoms with Gasteiger partial charge in [0.1, 0.15) is 5.78 Å². The summed E-state index contributed by atoms with van der Waals surface area (Å²) >= 11 is 0. The van der Waals surface area contributed by atoms with E-state index in [0.717, 1.165) is 13.0 Å². The van der Waals surface area contributed by atoms with Crippen LogP contribution >= 0.6 is 0 Å². The van der Waals surface area contributed by atoms with Crippen LogP contribution in [0, 0.1) is 0 Å². The fourth-order valence-electron chi connectivity index (χ4n) is 1.35. The van der Waals surface area contributed by atoms with E-state index < -0.39 is 0 Å². The van der Waals surface area contributed by atoms with E-state index in [-0.39, 0.29) is 5.78 Å². The molecule has 1 N–H and O–H groups in total. The lowest BCUT2D eigenvalue weighted by Crippen LogP contribution is -2.04. The number of carbonyl (C=O) groups is 1. The molecule has 1 aromatic carbocycles. The van der Waals surface area contributed by atoms with E-state index in [1.807, 2.05) is 7.05 Å². The van der Waals surface area contributed by atoms with E-state index in [1.54, 1.807) is 6.92 Å². The van der Waals surface area contributed by atoms with Crippen LogP contribution in [0.3, 0.4) is 0 Å². The number of aryl methyl sites for hydroxylation is 1. The highest BCUT2D eigenvalue weighted by Crippen LogP contribution is 2.06. The Morgan fingerprint density at radius 2 is 1.79 bits per heavy atom. The third-order valence-electron chi connectivity index (χ3n) is 2.17. The quantitative estimate of drug-likeness (QED) is 0.770. The van der Waals surface area contributed by atoms with Gasteiger partial charge in [0, 0.05) is 13.0 Å². The number of rotatable bonds is 5. The van der Waals surface area contributed by atoms with Gasteiger partial charge >= 0.3 is 0 Å². The Kier molecular flexibility index (Phi) is 4.33. The van der Waals surface area contributed by atoms with Crippen LogP contribution in [0.4, 0.5) is 0 Å². The van der Waals surface area contributed by atoms with Crippen LogP contribution in [0.5, 0.6) is 0 Å². The molecule has 76 valence electrons. The van der Waals surface area contributed by atoms with Gasteiger partial charge in [-0.05, 0) is 31.5 Å². The second-order valence-corrected chi connectivity index (χ2v) is 3.55. The molecule has 1 aromatic rings. The number of hydrogen-bond acceptors (Lipinski definition) is 2. The monoisotopic (exact) mass is 191 g/mol.